The molecule has 0 spiro atoms. The fourth-order valence-corrected chi connectivity index (χ4v) is 4.64. The van der Waals surface area contributed by atoms with Gasteiger partial charge in [-0.05, 0) is 50.4 Å². The van der Waals surface area contributed by atoms with Crippen LogP contribution in [0.1, 0.15) is 18.4 Å². The fraction of sp³-hybridized carbons (Fsp3) is 0.429. The van der Waals surface area contributed by atoms with Gasteiger partial charge in [-0.2, -0.15) is 0 Å². The SMILES string of the molecule is Cc1ccc(S(=O)(=O)NCC2CCCN(CCOc3cccc([N+](=O)[O-])c3)C2)cc1. The number of ether oxygens (including phenoxy) is 1. The van der Waals surface area contributed by atoms with Crippen LogP contribution < -0.4 is 9.46 Å². The molecule has 0 aromatic heterocycles. The van der Waals surface area contributed by atoms with Crippen LogP contribution in [0.3, 0.4) is 0 Å². The van der Waals surface area contributed by atoms with Crippen molar-refractivity contribution < 1.29 is 18.1 Å². The summed E-state index contributed by atoms with van der Waals surface area (Å²) in [5.74, 6) is 0.709. The highest BCUT2D eigenvalue weighted by Gasteiger charge is 2.22. The van der Waals surface area contributed by atoms with Crippen LogP contribution in [0.4, 0.5) is 5.69 Å². The van der Waals surface area contributed by atoms with Crippen molar-refractivity contribution >= 4 is 15.7 Å². The number of rotatable bonds is 9. The second-order valence-electron chi connectivity index (χ2n) is 7.58. The Morgan fingerprint density at radius 1 is 1.23 bits per heavy atom. The van der Waals surface area contributed by atoms with Crippen LogP contribution in [-0.4, -0.2) is 51.0 Å². The minimum absolute atomic E-state index is 0.00592. The molecule has 1 aliphatic heterocycles. The average Bonchev–Trinajstić information content (AvgIpc) is 2.73. The summed E-state index contributed by atoms with van der Waals surface area (Å²) in [4.78, 5) is 12.9. The van der Waals surface area contributed by atoms with E-state index in [4.69, 9.17) is 4.74 Å². The van der Waals surface area contributed by atoms with Crippen LogP contribution >= 0.6 is 0 Å². The van der Waals surface area contributed by atoms with Crippen molar-refractivity contribution in [2.45, 2.75) is 24.7 Å². The van der Waals surface area contributed by atoms with E-state index in [0.29, 0.717) is 25.4 Å². The van der Waals surface area contributed by atoms with E-state index in [1.807, 2.05) is 6.92 Å². The molecule has 1 heterocycles. The third-order valence-corrected chi connectivity index (χ3v) is 6.64. The predicted molar refractivity (Wildman–Crippen MR) is 114 cm³/mol. The zero-order chi connectivity index (χ0) is 21.6. The van der Waals surface area contributed by atoms with Gasteiger partial charge in [-0.1, -0.05) is 23.8 Å². The average molecular weight is 434 g/mol. The molecule has 0 aliphatic carbocycles. The van der Waals surface area contributed by atoms with E-state index in [9.17, 15) is 18.5 Å². The summed E-state index contributed by atoms with van der Waals surface area (Å²) >= 11 is 0. The highest BCUT2D eigenvalue weighted by molar-refractivity contribution is 7.89. The Labute approximate surface area is 177 Å². The number of nitro benzene ring substituents is 1. The lowest BCUT2D eigenvalue weighted by Gasteiger charge is -2.32. The first kappa shape index (κ1) is 22.2. The van der Waals surface area contributed by atoms with E-state index >= 15 is 0 Å². The van der Waals surface area contributed by atoms with Gasteiger partial charge in [0.05, 0.1) is 15.9 Å². The largest absolute Gasteiger partial charge is 0.492 e. The first-order valence-corrected chi connectivity index (χ1v) is 11.5. The number of nitro groups is 1. The molecule has 0 saturated carbocycles. The molecule has 1 unspecified atom stereocenters. The zero-order valence-corrected chi connectivity index (χ0v) is 17.8. The third-order valence-electron chi connectivity index (χ3n) is 5.20. The topological polar surface area (TPSA) is 102 Å². The van der Waals surface area contributed by atoms with Crippen LogP contribution in [0, 0.1) is 23.0 Å². The monoisotopic (exact) mass is 433 g/mol. The fourth-order valence-electron chi connectivity index (χ4n) is 3.53. The number of likely N-dealkylation sites (tertiary alicyclic amines) is 1. The maximum absolute atomic E-state index is 12.5. The molecule has 0 bridgehead atoms. The van der Waals surface area contributed by atoms with Crippen molar-refractivity contribution in [3.05, 3.63) is 64.2 Å². The molecule has 1 atom stereocenters. The number of hydrogen-bond donors (Lipinski definition) is 1. The van der Waals surface area contributed by atoms with Crippen molar-refractivity contribution in [2.24, 2.45) is 5.92 Å². The summed E-state index contributed by atoms with van der Waals surface area (Å²) < 4.78 is 33.4. The molecule has 8 nitrogen and oxygen atoms in total. The first-order valence-electron chi connectivity index (χ1n) is 9.99. The molecular weight excluding hydrogens is 406 g/mol. The molecule has 1 saturated heterocycles. The molecule has 3 rings (SSSR count). The van der Waals surface area contributed by atoms with Crippen LogP contribution in [0.15, 0.2) is 53.4 Å². The summed E-state index contributed by atoms with van der Waals surface area (Å²) in [5, 5.41) is 10.8. The predicted octanol–water partition coefficient (Wildman–Crippen LogP) is 2.97. The van der Waals surface area contributed by atoms with Crippen LogP contribution in [0.5, 0.6) is 5.75 Å². The summed E-state index contributed by atoms with van der Waals surface area (Å²) in [5.41, 5.74) is 1.02. The van der Waals surface area contributed by atoms with Gasteiger partial charge in [-0.3, -0.25) is 15.0 Å². The standard InChI is InChI=1S/C21H27N3O5S/c1-17-7-9-21(10-8-17)30(27,28)22-15-18-4-3-11-23(16-18)12-13-29-20-6-2-5-19(14-20)24(25)26/h2,5-10,14,18,22H,3-4,11-13,15-16H2,1H3. The van der Waals surface area contributed by atoms with E-state index in [0.717, 1.165) is 31.5 Å². The maximum atomic E-state index is 12.5. The highest BCUT2D eigenvalue weighted by atomic mass is 32.2. The highest BCUT2D eigenvalue weighted by Crippen LogP contribution is 2.20. The Hall–Kier alpha value is -2.49. The second kappa shape index (κ2) is 10.0. The van der Waals surface area contributed by atoms with Gasteiger partial charge in [0.2, 0.25) is 10.0 Å². The van der Waals surface area contributed by atoms with Gasteiger partial charge in [-0.25, -0.2) is 13.1 Å². The maximum Gasteiger partial charge on any atom is 0.273 e. The smallest absolute Gasteiger partial charge is 0.273 e. The molecule has 0 amide bonds. The third kappa shape index (κ3) is 6.25. The van der Waals surface area contributed by atoms with Gasteiger partial charge in [0.25, 0.3) is 5.69 Å². The van der Waals surface area contributed by atoms with Crippen molar-refractivity contribution in [1.29, 1.82) is 0 Å². The van der Waals surface area contributed by atoms with Gasteiger partial charge >= 0.3 is 0 Å². The summed E-state index contributed by atoms with van der Waals surface area (Å²) in [6.07, 6.45) is 1.96. The first-order chi connectivity index (χ1) is 14.3. The minimum Gasteiger partial charge on any atom is -0.492 e. The summed E-state index contributed by atoms with van der Waals surface area (Å²) in [6, 6.07) is 13.0. The van der Waals surface area contributed by atoms with E-state index in [1.165, 1.54) is 12.1 Å². The Balaban J connectivity index is 1.45. The molecule has 1 aliphatic rings. The van der Waals surface area contributed by atoms with Crippen LogP contribution in [0.25, 0.3) is 0 Å². The van der Waals surface area contributed by atoms with Gasteiger partial charge < -0.3 is 4.74 Å². The van der Waals surface area contributed by atoms with Gasteiger partial charge in [0.1, 0.15) is 12.4 Å². The lowest BCUT2D eigenvalue weighted by molar-refractivity contribution is -0.384. The number of non-ortho nitro benzene ring substituents is 1. The van der Waals surface area contributed by atoms with Crippen LogP contribution in [-0.2, 0) is 10.0 Å². The molecule has 162 valence electrons. The van der Waals surface area contributed by atoms with Crippen molar-refractivity contribution in [1.82, 2.24) is 9.62 Å². The lowest BCUT2D eigenvalue weighted by atomic mass is 9.98. The van der Waals surface area contributed by atoms with Crippen molar-refractivity contribution in [3.63, 3.8) is 0 Å². The van der Waals surface area contributed by atoms with Crippen LogP contribution in [0.2, 0.25) is 0 Å². The second-order valence-corrected chi connectivity index (χ2v) is 9.34. The van der Waals surface area contributed by atoms with E-state index < -0.39 is 14.9 Å². The molecule has 1 N–H and O–H groups in total. The normalized spacial score (nSPS) is 17.6. The quantitative estimate of drug-likeness (QED) is 0.482. The number of benzene rings is 2. The minimum atomic E-state index is -3.51. The van der Waals surface area contributed by atoms with E-state index in [-0.39, 0.29) is 16.5 Å². The molecule has 2 aromatic rings. The summed E-state index contributed by atoms with van der Waals surface area (Å²) in [7, 11) is -3.51. The molecule has 2 aromatic carbocycles. The Morgan fingerprint density at radius 2 is 2.00 bits per heavy atom. The number of hydrogen-bond acceptors (Lipinski definition) is 6. The Bertz CT molecular complexity index is 963. The van der Waals surface area contributed by atoms with Crippen molar-refractivity contribution in [2.75, 3.05) is 32.8 Å². The van der Waals surface area contributed by atoms with Crippen molar-refractivity contribution in [3.8, 4) is 5.75 Å². The number of nitrogens with zero attached hydrogens (tertiary/aromatic N) is 2. The summed E-state index contributed by atoms with van der Waals surface area (Å²) in [6.45, 7) is 5.14. The zero-order valence-electron chi connectivity index (χ0n) is 17.0. The number of piperidine rings is 1. The van der Waals surface area contributed by atoms with E-state index in [2.05, 4.69) is 9.62 Å². The number of sulfonamides is 1. The molecule has 0 radical (unpaired) electrons. The Kier molecular flexibility index (Phi) is 7.41. The Morgan fingerprint density at radius 3 is 2.73 bits per heavy atom. The molecule has 9 heteroatoms. The molecule has 1 fully saturated rings. The van der Waals surface area contributed by atoms with Gasteiger partial charge in [0, 0.05) is 25.7 Å². The number of nitrogens with one attached hydrogen (secondary N) is 1. The lowest BCUT2D eigenvalue weighted by Crippen LogP contribution is -2.42. The molecule has 30 heavy (non-hydrogen) atoms. The van der Waals surface area contributed by atoms with Gasteiger partial charge in [-0.15, -0.1) is 0 Å². The number of aryl methyl sites for hydroxylation is 1. The van der Waals surface area contributed by atoms with Gasteiger partial charge in [0.15, 0.2) is 0 Å². The molecular formula is C21H27N3O5S. The van der Waals surface area contributed by atoms with E-state index in [1.54, 1.807) is 36.4 Å².